The van der Waals surface area contributed by atoms with Crippen LogP contribution in [0.5, 0.6) is 5.75 Å². The minimum absolute atomic E-state index is 0.656. The molecule has 0 atom stereocenters. The van der Waals surface area contributed by atoms with Gasteiger partial charge < -0.3 is 9.64 Å². The molecular formula is C21H20N2OS. The Morgan fingerprint density at radius 2 is 1.92 bits per heavy atom. The molecule has 0 N–H and O–H groups in total. The Labute approximate surface area is 151 Å². The van der Waals surface area contributed by atoms with E-state index in [-0.39, 0.29) is 0 Å². The molecule has 0 bridgehead atoms. The van der Waals surface area contributed by atoms with Crippen LogP contribution in [0.2, 0.25) is 0 Å². The molecule has 0 fully saturated rings. The monoisotopic (exact) mass is 348 g/mol. The van der Waals surface area contributed by atoms with Crippen LogP contribution in [0.4, 0.5) is 5.69 Å². The molecule has 0 spiro atoms. The first-order valence-electron chi connectivity index (χ1n) is 8.53. The molecule has 2 aromatic carbocycles. The molecule has 2 heterocycles. The SMILES string of the molecule is C=C1Oc2cc(N(CC)CC)ccc2C=C1c1nc2ccccc2s1. The number of hydrogen-bond donors (Lipinski definition) is 0. The van der Waals surface area contributed by atoms with Crippen LogP contribution in [-0.2, 0) is 0 Å². The van der Waals surface area contributed by atoms with Crippen molar-refractivity contribution < 1.29 is 4.74 Å². The fourth-order valence-corrected chi connectivity index (χ4v) is 4.11. The van der Waals surface area contributed by atoms with Crippen LogP contribution in [0.3, 0.4) is 0 Å². The zero-order chi connectivity index (χ0) is 17.4. The van der Waals surface area contributed by atoms with E-state index in [4.69, 9.17) is 9.72 Å². The van der Waals surface area contributed by atoms with E-state index in [0.717, 1.165) is 40.5 Å². The molecule has 126 valence electrons. The van der Waals surface area contributed by atoms with E-state index in [9.17, 15) is 0 Å². The van der Waals surface area contributed by atoms with Crippen LogP contribution in [0, 0.1) is 0 Å². The highest BCUT2D eigenvalue weighted by Crippen LogP contribution is 2.39. The van der Waals surface area contributed by atoms with Crippen LogP contribution < -0.4 is 9.64 Å². The number of hydrogen-bond acceptors (Lipinski definition) is 4. The second-order valence-electron chi connectivity index (χ2n) is 5.96. The van der Waals surface area contributed by atoms with Gasteiger partial charge >= 0.3 is 0 Å². The summed E-state index contributed by atoms with van der Waals surface area (Å²) < 4.78 is 7.23. The lowest BCUT2D eigenvalue weighted by Crippen LogP contribution is -2.21. The van der Waals surface area contributed by atoms with Gasteiger partial charge in [-0.1, -0.05) is 18.7 Å². The summed E-state index contributed by atoms with van der Waals surface area (Å²) in [5.41, 5.74) is 4.22. The molecule has 1 aliphatic rings. The van der Waals surface area contributed by atoms with E-state index >= 15 is 0 Å². The molecular weight excluding hydrogens is 328 g/mol. The maximum absolute atomic E-state index is 6.05. The standard InChI is InChI=1S/C21H20N2OS/c1-4-23(5-2)16-11-10-15-12-17(14(3)24-19(15)13-16)21-22-18-8-6-7-9-20(18)25-21/h6-13H,3-5H2,1-2H3. The molecule has 3 nitrogen and oxygen atoms in total. The van der Waals surface area contributed by atoms with Crippen molar-refractivity contribution in [2.45, 2.75) is 13.8 Å². The lowest BCUT2D eigenvalue weighted by atomic mass is 10.0. The highest BCUT2D eigenvalue weighted by atomic mass is 32.1. The average molecular weight is 348 g/mol. The second kappa shape index (κ2) is 6.37. The van der Waals surface area contributed by atoms with Gasteiger partial charge in [-0.3, -0.25) is 0 Å². The molecule has 0 amide bonds. The largest absolute Gasteiger partial charge is 0.457 e. The zero-order valence-corrected chi connectivity index (χ0v) is 15.3. The first kappa shape index (κ1) is 15.9. The first-order valence-corrected chi connectivity index (χ1v) is 9.35. The summed E-state index contributed by atoms with van der Waals surface area (Å²) in [6.07, 6.45) is 2.13. The van der Waals surface area contributed by atoms with Gasteiger partial charge in [0.15, 0.2) is 0 Å². The van der Waals surface area contributed by atoms with Gasteiger partial charge in [-0.15, -0.1) is 11.3 Å². The number of para-hydroxylation sites is 1. The minimum Gasteiger partial charge on any atom is -0.457 e. The van der Waals surface area contributed by atoms with E-state index in [1.165, 1.54) is 10.4 Å². The van der Waals surface area contributed by atoms with Crippen molar-refractivity contribution in [1.29, 1.82) is 0 Å². The Balaban J connectivity index is 1.75. The zero-order valence-electron chi connectivity index (χ0n) is 14.5. The average Bonchev–Trinajstić information content (AvgIpc) is 3.06. The number of fused-ring (bicyclic) bond motifs is 2. The number of aromatic nitrogens is 1. The van der Waals surface area contributed by atoms with Crippen molar-refractivity contribution in [3.63, 3.8) is 0 Å². The molecule has 4 heteroatoms. The molecule has 4 rings (SSSR count). The van der Waals surface area contributed by atoms with Gasteiger partial charge in [-0.25, -0.2) is 4.98 Å². The smallest absolute Gasteiger partial charge is 0.136 e. The number of thiazole rings is 1. The quantitative estimate of drug-likeness (QED) is 0.614. The molecule has 0 saturated heterocycles. The van der Waals surface area contributed by atoms with Gasteiger partial charge in [0, 0.05) is 30.4 Å². The van der Waals surface area contributed by atoms with E-state index in [1.807, 2.05) is 18.2 Å². The summed E-state index contributed by atoms with van der Waals surface area (Å²) in [4.78, 5) is 7.04. The van der Waals surface area contributed by atoms with Crippen LogP contribution in [0.1, 0.15) is 24.4 Å². The van der Waals surface area contributed by atoms with E-state index in [2.05, 4.69) is 55.7 Å². The summed E-state index contributed by atoms with van der Waals surface area (Å²) in [5, 5.41) is 0.949. The summed E-state index contributed by atoms with van der Waals surface area (Å²) in [6.45, 7) is 10.4. The summed E-state index contributed by atoms with van der Waals surface area (Å²) in [5.74, 6) is 1.52. The third-order valence-electron chi connectivity index (χ3n) is 4.48. The van der Waals surface area contributed by atoms with E-state index in [1.54, 1.807) is 11.3 Å². The van der Waals surface area contributed by atoms with Crippen molar-refractivity contribution in [2.24, 2.45) is 0 Å². The molecule has 0 saturated carbocycles. The number of anilines is 1. The van der Waals surface area contributed by atoms with Gasteiger partial charge in [0.2, 0.25) is 0 Å². The van der Waals surface area contributed by atoms with Gasteiger partial charge in [0.1, 0.15) is 16.5 Å². The number of ether oxygens (including phenoxy) is 1. The van der Waals surface area contributed by atoms with Gasteiger partial charge in [-0.2, -0.15) is 0 Å². The van der Waals surface area contributed by atoms with Gasteiger partial charge in [0.05, 0.1) is 15.8 Å². The van der Waals surface area contributed by atoms with Crippen LogP contribution in [0.25, 0.3) is 21.9 Å². The fraction of sp³-hybridized carbons (Fsp3) is 0.190. The van der Waals surface area contributed by atoms with E-state index < -0.39 is 0 Å². The summed E-state index contributed by atoms with van der Waals surface area (Å²) in [6, 6.07) is 14.5. The Kier molecular flexibility index (Phi) is 4.06. The summed E-state index contributed by atoms with van der Waals surface area (Å²) >= 11 is 1.67. The minimum atomic E-state index is 0.656. The van der Waals surface area contributed by atoms with E-state index in [0.29, 0.717) is 5.76 Å². The van der Waals surface area contributed by atoms with Crippen molar-refractivity contribution in [3.8, 4) is 5.75 Å². The number of rotatable bonds is 4. The maximum Gasteiger partial charge on any atom is 0.136 e. The molecule has 1 aliphatic heterocycles. The van der Waals surface area contributed by atoms with Crippen molar-refractivity contribution in [1.82, 2.24) is 4.98 Å². The number of nitrogens with zero attached hydrogens (tertiary/aromatic N) is 2. The lowest BCUT2D eigenvalue weighted by Gasteiger charge is -2.24. The predicted octanol–water partition coefficient (Wildman–Crippen LogP) is 5.59. The first-order chi connectivity index (χ1) is 12.2. The van der Waals surface area contributed by atoms with Crippen molar-refractivity contribution in [3.05, 3.63) is 65.4 Å². The highest BCUT2D eigenvalue weighted by molar-refractivity contribution is 7.19. The third-order valence-corrected chi connectivity index (χ3v) is 5.55. The molecule has 1 aromatic heterocycles. The van der Waals surface area contributed by atoms with Gasteiger partial charge in [0.25, 0.3) is 0 Å². The molecule has 0 unspecified atom stereocenters. The lowest BCUT2D eigenvalue weighted by molar-refractivity contribution is 0.447. The Morgan fingerprint density at radius 1 is 1.12 bits per heavy atom. The highest BCUT2D eigenvalue weighted by Gasteiger charge is 2.20. The fourth-order valence-electron chi connectivity index (χ4n) is 3.11. The predicted molar refractivity (Wildman–Crippen MR) is 107 cm³/mol. The maximum atomic E-state index is 6.05. The van der Waals surface area contributed by atoms with Crippen LogP contribution in [0.15, 0.2) is 54.8 Å². The summed E-state index contributed by atoms with van der Waals surface area (Å²) in [7, 11) is 0. The Morgan fingerprint density at radius 3 is 2.68 bits per heavy atom. The Bertz CT molecular complexity index is 949. The van der Waals surface area contributed by atoms with Crippen molar-refractivity contribution in [2.75, 3.05) is 18.0 Å². The molecule has 0 radical (unpaired) electrons. The Hall–Kier alpha value is -2.59. The third kappa shape index (κ3) is 2.83. The molecule has 3 aromatic rings. The van der Waals surface area contributed by atoms with Crippen molar-refractivity contribution >= 4 is 38.9 Å². The number of benzene rings is 2. The molecule has 25 heavy (non-hydrogen) atoms. The second-order valence-corrected chi connectivity index (χ2v) is 7.00. The van der Waals surface area contributed by atoms with Crippen LogP contribution >= 0.6 is 11.3 Å². The topological polar surface area (TPSA) is 25.4 Å². The van der Waals surface area contributed by atoms with Crippen LogP contribution in [-0.4, -0.2) is 18.1 Å². The molecule has 0 aliphatic carbocycles. The number of allylic oxidation sites excluding steroid dienone is 1. The normalized spacial score (nSPS) is 13.4. The van der Waals surface area contributed by atoms with Gasteiger partial charge in [-0.05, 0) is 44.2 Å².